The van der Waals surface area contributed by atoms with Crippen LogP contribution in [0.25, 0.3) is 0 Å². The highest BCUT2D eigenvalue weighted by atomic mass is 19.1. The van der Waals surface area contributed by atoms with Gasteiger partial charge in [0.05, 0.1) is 11.0 Å². The second kappa shape index (κ2) is 7.01. The topological polar surface area (TPSA) is 77.1 Å². The van der Waals surface area contributed by atoms with Gasteiger partial charge in [0, 0.05) is 32.0 Å². The summed E-state index contributed by atoms with van der Waals surface area (Å²) in [4.78, 5) is 12.8. The van der Waals surface area contributed by atoms with Crippen molar-refractivity contribution < 1.29 is 9.31 Å². The molecular weight excluding hydrogens is 337 g/mol. The minimum Gasteiger partial charge on any atom is -0.365 e. The third kappa shape index (κ3) is 3.15. The fourth-order valence-corrected chi connectivity index (χ4v) is 4.13. The molecule has 0 amide bonds. The monoisotopic (exact) mass is 359 g/mol. The molecule has 2 aliphatic heterocycles. The normalized spacial score (nSPS) is 20.5. The minimum absolute atomic E-state index is 0.175. The van der Waals surface area contributed by atoms with E-state index in [1.54, 1.807) is 0 Å². The van der Waals surface area contributed by atoms with Gasteiger partial charge in [0.1, 0.15) is 23.2 Å². The average Bonchev–Trinajstić information content (AvgIpc) is 2.90. The lowest BCUT2D eigenvalue weighted by atomic mass is 9.96. The van der Waals surface area contributed by atoms with E-state index in [2.05, 4.69) is 14.8 Å². The zero-order chi connectivity index (χ0) is 18.1. The second-order valence-electron chi connectivity index (χ2n) is 7.11. The van der Waals surface area contributed by atoms with Crippen molar-refractivity contribution in [3.63, 3.8) is 0 Å². The number of aryl methyl sites for hydroxylation is 1. The standard InChI is InChI=1S/C18H22FN5O2/c19-14-7-8-15(16(11-14)24(25)26)22-9-4-5-13(12-22)18-21-20-17-6-2-1-3-10-23(17)18/h7-8,11,13H,1-6,9-10,12H2/t13-/m1/s1. The molecule has 4 rings (SSSR count). The highest BCUT2D eigenvalue weighted by Crippen LogP contribution is 2.35. The molecule has 138 valence electrons. The molecule has 1 aromatic carbocycles. The van der Waals surface area contributed by atoms with Gasteiger partial charge >= 0.3 is 0 Å². The van der Waals surface area contributed by atoms with Crippen LogP contribution in [0.5, 0.6) is 0 Å². The predicted octanol–water partition coefficient (Wildman–Crippen LogP) is 3.44. The Hall–Kier alpha value is -2.51. The van der Waals surface area contributed by atoms with Gasteiger partial charge in [0.15, 0.2) is 0 Å². The summed E-state index contributed by atoms with van der Waals surface area (Å²) in [6.45, 7) is 2.32. The average molecular weight is 359 g/mol. The summed E-state index contributed by atoms with van der Waals surface area (Å²) in [5.74, 6) is 1.66. The maximum atomic E-state index is 13.5. The number of rotatable bonds is 3. The smallest absolute Gasteiger partial charge is 0.295 e. The molecule has 0 unspecified atom stereocenters. The molecule has 0 N–H and O–H groups in total. The number of aromatic nitrogens is 3. The van der Waals surface area contributed by atoms with Crippen molar-refractivity contribution in [3.05, 3.63) is 45.8 Å². The van der Waals surface area contributed by atoms with Crippen LogP contribution in [0.15, 0.2) is 18.2 Å². The molecule has 2 aliphatic rings. The van der Waals surface area contributed by atoms with Gasteiger partial charge < -0.3 is 9.47 Å². The van der Waals surface area contributed by atoms with E-state index in [0.717, 1.165) is 62.9 Å². The fourth-order valence-electron chi connectivity index (χ4n) is 4.13. The summed E-state index contributed by atoms with van der Waals surface area (Å²) in [7, 11) is 0. The lowest BCUT2D eigenvalue weighted by Gasteiger charge is -2.33. The zero-order valence-electron chi connectivity index (χ0n) is 14.6. The summed E-state index contributed by atoms with van der Waals surface area (Å²) in [6.07, 6.45) is 6.37. The van der Waals surface area contributed by atoms with Gasteiger partial charge in [-0.1, -0.05) is 6.42 Å². The molecule has 0 spiro atoms. The number of nitrogens with zero attached hydrogens (tertiary/aromatic N) is 5. The SMILES string of the molecule is O=[N+]([O-])c1cc(F)ccc1N1CCC[C@@H](c2nnc3n2CCCCC3)C1. The Morgan fingerprint density at radius 1 is 1.15 bits per heavy atom. The predicted molar refractivity (Wildman–Crippen MR) is 94.8 cm³/mol. The Labute approximate surface area is 151 Å². The van der Waals surface area contributed by atoms with Crippen LogP contribution in [0.2, 0.25) is 0 Å². The van der Waals surface area contributed by atoms with E-state index in [0.29, 0.717) is 12.2 Å². The van der Waals surface area contributed by atoms with E-state index in [-0.39, 0.29) is 11.6 Å². The Balaban J connectivity index is 1.61. The molecule has 3 heterocycles. The Morgan fingerprint density at radius 2 is 2.04 bits per heavy atom. The molecule has 0 aliphatic carbocycles. The fraction of sp³-hybridized carbons (Fsp3) is 0.556. The first-order valence-corrected chi connectivity index (χ1v) is 9.24. The van der Waals surface area contributed by atoms with E-state index in [1.165, 1.54) is 18.6 Å². The third-order valence-corrected chi connectivity index (χ3v) is 5.40. The van der Waals surface area contributed by atoms with Crippen molar-refractivity contribution in [2.24, 2.45) is 0 Å². The molecule has 1 aromatic heterocycles. The molecule has 26 heavy (non-hydrogen) atoms. The molecule has 1 fully saturated rings. The number of hydrogen-bond donors (Lipinski definition) is 0. The first-order valence-electron chi connectivity index (χ1n) is 9.24. The molecule has 1 atom stereocenters. The first kappa shape index (κ1) is 16.9. The van der Waals surface area contributed by atoms with Crippen LogP contribution in [0.4, 0.5) is 15.8 Å². The van der Waals surface area contributed by atoms with Crippen LogP contribution in [-0.2, 0) is 13.0 Å². The van der Waals surface area contributed by atoms with Gasteiger partial charge in [-0.25, -0.2) is 4.39 Å². The number of benzene rings is 1. The third-order valence-electron chi connectivity index (χ3n) is 5.40. The number of anilines is 1. The maximum absolute atomic E-state index is 13.5. The van der Waals surface area contributed by atoms with E-state index in [1.807, 2.05) is 4.90 Å². The number of piperidine rings is 1. The number of halogens is 1. The van der Waals surface area contributed by atoms with E-state index in [4.69, 9.17) is 0 Å². The van der Waals surface area contributed by atoms with Gasteiger partial charge in [-0.3, -0.25) is 10.1 Å². The summed E-state index contributed by atoms with van der Waals surface area (Å²) >= 11 is 0. The van der Waals surface area contributed by atoms with E-state index in [9.17, 15) is 14.5 Å². The Bertz CT molecular complexity index is 822. The number of nitro benzene ring substituents is 1. The van der Waals surface area contributed by atoms with Crippen molar-refractivity contribution in [3.8, 4) is 0 Å². The molecule has 7 nitrogen and oxygen atoms in total. The highest BCUT2D eigenvalue weighted by molar-refractivity contribution is 5.63. The van der Waals surface area contributed by atoms with Crippen LogP contribution in [0, 0.1) is 15.9 Å². The van der Waals surface area contributed by atoms with Crippen molar-refractivity contribution in [1.82, 2.24) is 14.8 Å². The summed E-state index contributed by atoms with van der Waals surface area (Å²) < 4.78 is 15.7. The Kier molecular flexibility index (Phi) is 4.57. The molecule has 1 saturated heterocycles. The van der Waals surface area contributed by atoms with Crippen molar-refractivity contribution in [1.29, 1.82) is 0 Å². The highest BCUT2D eigenvalue weighted by Gasteiger charge is 2.30. The lowest BCUT2D eigenvalue weighted by Crippen LogP contribution is -2.36. The lowest BCUT2D eigenvalue weighted by molar-refractivity contribution is -0.384. The largest absolute Gasteiger partial charge is 0.365 e. The van der Waals surface area contributed by atoms with Crippen LogP contribution < -0.4 is 4.90 Å². The molecule has 0 saturated carbocycles. The Morgan fingerprint density at radius 3 is 2.88 bits per heavy atom. The quantitative estimate of drug-likeness (QED) is 0.620. The number of nitro groups is 1. The van der Waals surface area contributed by atoms with Gasteiger partial charge in [-0.2, -0.15) is 0 Å². The second-order valence-corrected chi connectivity index (χ2v) is 7.11. The zero-order valence-corrected chi connectivity index (χ0v) is 14.6. The summed E-state index contributed by atoms with van der Waals surface area (Å²) in [5.41, 5.74) is 0.308. The van der Waals surface area contributed by atoms with Gasteiger partial charge in [-0.15, -0.1) is 10.2 Å². The maximum Gasteiger partial charge on any atom is 0.295 e. The summed E-state index contributed by atoms with van der Waals surface area (Å²) in [5, 5.41) is 20.2. The van der Waals surface area contributed by atoms with Crippen LogP contribution in [0.3, 0.4) is 0 Å². The van der Waals surface area contributed by atoms with Crippen molar-refractivity contribution in [2.75, 3.05) is 18.0 Å². The molecule has 2 aromatic rings. The van der Waals surface area contributed by atoms with Crippen molar-refractivity contribution >= 4 is 11.4 Å². The van der Waals surface area contributed by atoms with E-state index >= 15 is 0 Å². The molecule has 0 radical (unpaired) electrons. The van der Waals surface area contributed by atoms with Crippen molar-refractivity contribution in [2.45, 2.75) is 51.0 Å². The van der Waals surface area contributed by atoms with Gasteiger partial charge in [-0.05, 0) is 37.8 Å². The van der Waals surface area contributed by atoms with Crippen LogP contribution in [-0.4, -0.2) is 32.8 Å². The number of hydrogen-bond acceptors (Lipinski definition) is 5. The first-order chi connectivity index (χ1) is 12.6. The van der Waals surface area contributed by atoms with Crippen LogP contribution >= 0.6 is 0 Å². The minimum atomic E-state index is -0.586. The van der Waals surface area contributed by atoms with Gasteiger partial charge in [0.25, 0.3) is 5.69 Å². The molecular formula is C18H22FN5O2. The van der Waals surface area contributed by atoms with Crippen LogP contribution in [0.1, 0.15) is 49.7 Å². The van der Waals surface area contributed by atoms with E-state index < -0.39 is 10.7 Å². The molecule has 8 heteroatoms. The molecule has 0 bridgehead atoms. The van der Waals surface area contributed by atoms with Gasteiger partial charge in [0.2, 0.25) is 0 Å². The summed E-state index contributed by atoms with van der Waals surface area (Å²) in [6, 6.07) is 3.80. The number of fused-ring (bicyclic) bond motifs is 1.